The topological polar surface area (TPSA) is 20.3 Å². The minimum atomic E-state index is 0.109. The van der Waals surface area contributed by atoms with Gasteiger partial charge in [-0.3, -0.25) is 4.79 Å². The van der Waals surface area contributed by atoms with E-state index in [-0.39, 0.29) is 5.91 Å². The molecular weight excluding hydrogens is 302 g/mol. The first-order valence-electron chi connectivity index (χ1n) is 6.29. The van der Waals surface area contributed by atoms with E-state index in [1.165, 1.54) is 16.7 Å². The Kier molecular flexibility index (Phi) is 3.38. The predicted molar refractivity (Wildman–Crippen MR) is 79.1 cm³/mol. The van der Waals surface area contributed by atoms with Gasteiger partial charge in [0.1, 0.15) is 0 Å². The molecular formula is C16H14BrNO. The average molecular weight is 316 g/mol. The molecule has 2 nitrogen and oxygen atoms in total. The minimum absolute atomic E-state index is 0.109. The summed E-state index contributed by atoms with van der Waals surface area (Å²) in [6, 6.07) is 16.0. The van der Waals surface area contributed by atoms with Crippen LogP contribution in [0.5, 0.6) is 0 Å². The Labute approximate surface area is 121 Å². The first-order chi connectivity index (χ1) is 9.28. The van der Waals surface area contributed by atoms with Crippen LogP contribution in [-0.4, -0.2) is 10.8 Å². The van der Waals surface area contributed by atoms with Crippen LogP contribution in [0.2, 0.25) is 0 Å². The van der Waals surface area contributed by atoms with Gasteiger partial charge >= 0.3 is 0 Å². The van der Waals surface area contributed by atoms with Gasteiger partial charge < -0.3 is 4.90 Å². The largest absolute Gasteiger partial charge is 0.330 e. The maximum absolute atomic E-state index is 12.4. The molecule has 0 bridgehead atoms. The number of carbonyl (C=O) groups excluding carboxylic acids is 1. The maximum atomic E-state index is 12.4. The Morgan fingerprint density at radius 1 is 1.00 bits per heavy atom. The van der Waals surface area contributed by atoms with Gasteiger partial charge in [-0.2, -0.15) is 0 Å². The Morgan fingerprint density at radius 2 is 1.58 bits per heavy atom. The van der Waals surface area contributed by atoms with Crippen LogP contribution in [0.25, 0.3) is 0 Å². The Balaban J connectivity index is 1.79. The van der Waals surface area contributed by atoms with Gasteiger partial charge in [-0.05, 0) is 28.8 Å². The summed E-state index contributed by atoms with van der Waals surface area (Å²) in [7, 11) is 0. The average Bonchev–Trinajstić information content (AvgIpc) is 2.90. The molecule has 0 spiro atoms. The molecule has 0 fully saturated rings. The summed E-state index contributed by atoms with van der Waals surface area (Å²) in [6.07, 6.45) is 0. The molecule has 2 aromatic carbocycles. The first-order valence-corrected chi connectivity index (χ1v) is 7.41. The molecule has 1 heterocycles. The molecule has 0 saturated carbocycles. The standard InChI is InChI=1S/C16H14BrNO/c17-9-12-5-7-13(8-6-12)16(19)18-10-14-3-1-2-4-15(14)11-18/h1-8H,9-11H2. The summed E-state index contributed by atoms with van der Waals surface area (Å²) in [5.41, 5.74) is 4.46. The lowest BCUT2D eigenvalue weighted by Crippen LogP contribution is -2.25. The molecule has 1 aliphatic heterocycles. The van der Waals surface area contributed by atoms with Gasteiger partial charge in [0.15, 0.2) is 0 Å². The van der Waals surface area contributed by atoms with Crippen LogP contribution in [0, 0.1) is 0 Å². The summed E-state index contributed by atoms with van der Waals surface area (Å²) in [4.78, 5) is 14.3. The van der Waals surface area contributed by atoms with Gasteiger partial charge in [0.05, 0.1) is 0 Å². The van der Waals surface area contributed by atoms with Crippen LogP contribution >= 0.6 is 15.9 Å². The number of carbonyl (C=O) groups is 1. The SMILES string of the molecule is O=C(c1ccc(CBr)cc1)N1Cc2ccccc2C1. The van der Waals surface area contributed by atoms with E-state index in [0.717, 1.165) is 24.0 Å². The Bertz CT molecular complexity index is 581. The number of benzene rings is 2. The van der Waals surface area contributed by atoms with Gasteiger partial charge in [-0.1, -0.05) is 52.3 Å². The lowest BCUT2D eigenvalue weighted by Gasteiger charge is -2.15. The highest BCUT2D eigenvalue weighted by molar-refractivity contribution is 9.08. The number of halogens is 1. The Hall–Kier alpha value is -1.61. The second-order valence-corrected chi connectivity index (χ2v) is 5.32. The number of hydrogen-bond acceptors (Lipinski definition) is 1. The molecule has 0 N–H and O–H groups in total. The van der Waals surface area contributed by atoms with Crippen LogP contribution in [-0.2, 0) is 18.4 Å². The van der Waals surface area contributed by atoms with E-state index >= 15 is 0 Å². The van der Waals surface area contributed by atoms with Gasteiger partial charge in [-0.15, -0.1) is 0 Å². The normalized spacial score (nSPS) is 13.4. The maximum Gasteiger partial charge on any atom is 0.254 e. The van der Waals surface area contributed by atoms with Crippen LogP contribution in [0.3, 0.4) is 0 Å². The number of rotatable bonds is 2. The molecule has 1 amide bonds. The number of amides is 1. The molecule has 0 aliphatic carbocycles. The van der Waals surface area contributed by atoms with Crippen molar-refractivity contribution in [3.63, 3.8) is 0 Å². The second kappa shape index (κ2) is 5.17. The first kappa shape index (κ1) is 12.4. The van der Waals surface area contributed by atoms with Crippen molar-refractivity contribution in [3.05, 3.63) is 70.8 Å². The summed E-state index contributed by atoms with van der Waals surface area (Å²) in [5.74, 6) is 0.109. The van der Waals surface area contributed by atoms with Crippen LogP contribution < -0.4 is 0 Å². The van der Waals surface area contributed by atoms with Crippen molar-refractivity contribution in [2.45, 2.75) is 18.4 Å². The third-order valence-electron chi connectivity index (χ3n) is 3.48. The lowest BCUT2D eigenvalue weighted by atomic mass is 10.1. The zero-order chi connectivity index (χ0) is 13.2. The predicted octanol–water partition coefficient (Wildman–Crippen LogP) is 3.74. The number of fused-ring (bicyclic) bond motifs is 1. The highest BCUT2D eigenvalue weighted by Crippen LogP contribution is 2.24. The zero-order valence-electron chi connectivity index (χ0n) is 10.5. The highest BCUT2D eigenvalue weighted by atomic mass is 79.9. The summed E-state index contributed by atoms with van der Waals surface area (Å²) < 4.78 is 0. The zero-order valence-corrected chi connectivity index (χ0v) is 12.1. The molecule has 3 rings (SSSR count). The van der Waals surface area contributed by atoms with Crippen molar-refractivity contribution in [2.75, 3.05) is 0 Å². The van der Waals surface area contributed by atoms with Crippen molar-refractivity contribution in [1.29, 1.82) is 0 Å². The molecule has 0 unspecified atom stereocenters. The van der Waals surface area contributed by atoms with E-state index in [4.69, 9.17) is 0 Å². The number of alkyl halides is 1. The van der Waals surface area contributed by atoms with E-state index in [1.807, 2.05) is 41.3 Å². The van der Waals surface area contributed by atoms with Gasteiger partial charge in [0.25, 0.3) is 5.91 Å². The number of nitrogens with zero attached hydrogens (tertiary/aromatic N) is 1. The smallest absolute Gasteiger partial charge is 0.254 e. The van der Waals surface area contributed by atoms with Crippen LogP contribution in [0.4, 0.5) is 0 Å². The lowest BCUT2D eigenvalue weighted by molar-refractivity contribution is 0.0751. The Morgan fingerprint density at radius 3 is 2.11 bits per heavy atom. The summed E-state index contributed by atoms with van der Waals surface area (Å²) in [5, 5.41) is 0.816. The van der Waals surface area contributed by atoms with Gasteiger partial charge in [-0.25, -0.2) is 0 Å². The fourth-order valence-electron chi connectivity index (χ4n) is 2.40. The molecule has 0 aromatic heterocycles. The van der Waals surface area contributed by atoms with E-state index in [9.17, 15) is 4.79 Å². The van der Waals surface area contributed by atoms with Crippen molar-refractivity contribution in [3.8, 4) is 0 Å². The summed E-state index contributed by atoms with van der Waals surface area (Å²) >= 11 is 3.41. The highest BCUT2D eigenvalue weighted by Gasteiger charge is 2.23. The van der Waals surface area contributed by atoms with Crippen molar-refractivity contribution in [2.24, 2.45) is 0 Å². The van der Waals surface area contributed by atoms with E-state index in [2.05, 4.69) is 28.1 Å². The molecule has 0 atom stereocenters. The second-order valence-electron chi connectivity index (χ2n) is 4.76. The number of hydrogen-bond donors (Lipinski definition) is 0. The fraction of sp³-hybridized carbons (Fsp3) is 0.188. The third kappa shape index (κ3) is 2.43. The molecule has 2 aromatic rings. The van der Waals surface area contributed by atoms with Gasteiger partial charge in [0, 0.05) is 24.0 Å². The molecule has 19 heavy (non-hydrogen) atoms. The monoisotopic (exact) mass is 315 g/mol. The summed E-state index contributed by atoms with van der Waals surface area (Å²) in [6.45, 7) is 1.43. The van der Waals surface area contributed by atoms with Crippen LogP contribution in [0.15, 0.2) is 48.5 Å². The molecule has 1 aliphatic rings. The van der Waals surface area contributed by atoms with E-state index in [1.54, 1.807) is 0 Å². The molecule has 0 saturated heterocycles. The van der Waals surface area contributed by atoms with Crippen molar-refractivity contribution < 1.29 is 4.79 Å². The van der Waals surface area contributed by atoms with Crippen molar-refractivity contribution in [1.82, 2.24) is 4.90 Å². The third-order valence-corrected chi connectivity index (χ3v) is 4.13. The van der Waals surface area contributed by atoms with Crippen molar-refractivity contribution >= 4 is 21.8 Å². The quantitative estimate of drug-likeness (QED) is 0.773. The van der Waals surface area contributed by atoms with E-state index < -0.39 is 0 Å². The van der Waals surface area contributed by atoms with Crippen LogP contribution in [0.1, 0.15) is 27.0 Å². The fourth-order valence-corrected chi connectivity index (χ4v) is 2.77. The molecule has 0 radical (unpaired) electrons. The molecule has 3 heteroatoms. The van der Waals surface area contributed by atoms with E-state index in [0.29, 0.717) is 0 Å². The molecule has 96 valence electrons. The van der Waals surface area contributed by atoms with Gasteiger partial charge in [0.2, 0.25) is 0 Å². The minimum Gasteiger partial charge on any atom is -0.330 e.